The fourth-order valence-corrected chi connectivity index (χ4v) is 3.24. The van der Waals surface area contributed by atoms with Crippen LogP contribution in [0, 0.1) is 13.8 Å². The largest absolute Gasteiger partial charge is 0.353 e. The first-order chi connectivity index (χ1) is 12.5. The van der Waals surface area contributed by atoms with Gasteiger partial charge >= 0.3 is 0 Å². The Hall–Kier alpha value is -2.96. The van der Waals surface area contributed by atoms with E-state index in [1.807, 2.05) is 48.9 Å². The highest BCUT2D eigenvalue weighted by Gasteiger charge is 2.30. The van der Waals surface area contributed by atoms with Crippen molar-refractivity contribution >= 4 is 17.7 Å². The first-order valence-corrected chi connectivity index (χ1v) is 8.66. The van der Waals surface area contributed by atoms with E-state index in [0.29, 0.717) is 13.1 Å². The van der Waals surface area contributed by atoms with Gasteiger partial charge in [0.2, 0.25) is 17.7 Å². The van der Waals surface area contributed by atoms with Gasteiger partial charge in [-0.15, -0.1) is 0 Å². The van der Waals surface area contributed by atoms with Crippen LogP contribution in [-0.2, 0) is 20.9 Å². The summed E-state index contributed by atoms with van der Waals surface area (Å²) in [7, 11) is 0. The van der Waals surface area contributed by atoms with E-state index in [1.54, 1.807) is 0 Å². The van der Waals surface area contributed by atoms with Crippen molar-refractivity contribution in [2.24, 2.45) is 0 Å². The average molecular weight is 354 g/mol. The average Bonchev–Trinajstić information content (AvgIpc) is 3.08. The van der Waals surface area contributed by atoms with E-state index in [-0.39, 0.29) is 37.1 Å². The molecule has 1 N–H and O–H groups in total. The van der Waals surface area contributed by atoms with Crippen LogP contribution in [0.15, 0.2) is 30.3 Å². The number of aromatic nitrogens is 2. The number of amides is 3. The quantitative estimate of drug-likeness (QED) is 0.796. The summed E-state index contributed by atoms with van der Waals surface area (Å²) in [6.07, 6.45) is 0.389. The first kappa shape index (κ1) is 17.8. The van der Waals surface area contributed by atoms with Crippen LogP contribution in [0.5, 0.6) is 0 Å². The maximum atomic E-state index is 12.0. The Morgan fingerprint density at radius 2 is 1.77 bits per heavy atom. The second-order valence-corrected chi connectivity index (χ2v) is 6.36. The lowest BCUT2D eigenvalue weighted by atomic mass is 10.0. The summed E-state index contributed by atoms with van der Waals surface area (Å²) in [6.45, 7) is 4.67. The van der Waals surface area contributed by atoms with Crippen LogP contribution in [-0.4, -0.2) is 45.5 Å². The Balaban J connectivity index is 1.58. The molecule has 26 heavy (non-hydrogen) atoms. The molecule has 2 aromatic rings. The molecule has 1 saturated heterocycles. The van der Waals surface area contributed by atoms with Gasteiger partial charge < -0.3 is 5.32 Å². The molecule has 0 unspecified atom stereocenters. The van der Waals surface area contributed by atoms with Gasteiger partial charge in [0.05, 0.1) is 12.2 Å². The molecule has 1 aromatic carbocycles. The Morgan fingerprint density at radius 3 is 2.42 bits per heavy atom. The maximum absolute atomic E-state index is 12.0. The molecule has 3 amide bonds. The molecule has 1 aromatic heterocycles. The van der Waals surface area contributed by atoms with E-state index in [4.69, 9.17) is 0 Å². The highest BCUT2D eigenvalue weighted by molar-refractivity contribution is 6.04. The molecular formula is C19H22N4O3. The van der Waals surface area contributed by atoms with Gasteiger partial charge in [-0.25, -0.2) is 0 Å². The minimum atomic E-state index is -0.335. The minimum Gasteiger partial charge on any atom is -0.353 e. The summed E-state index contributed by atoms with van der Waals surface area (Å²) in [5, 5.41) is 7.31. The normalized spacial score (nSPS) is 14.2. The Morgan fingerprint density at radius 1 is 1.12 bits per heavy atom. The third-order valence-electron chi connectivity index (χ3n) is 4.55. The van der Waals surface area contributed by atoms with Crippen LogP contribution in [0.3, 0.4) is 0 Å². The number of rotatable bonds is 6. The number of hydrogen-bond donors (Lipinski definition) is 1. The molecule has 0 aliphatic carbocycles. The lowest BCUT2D eigenvalue weighted by Crippen LogP contribution is -2.40. The van der Waals surface area contributed by atoms with Crippen LogP contribution in [0.4, 0.5) is 0 Å². The number of nitrogens with one attached hydrogen (secondary N) is 1. The molecule has 0 saturated carbocycles. The van der Waals surface area contributed by atoms with Crippen molar-refractivity contribution in [1.29, 1.82) is 0 Å². The van der Waals surface area contributed by atoms with Crippen molar-refractivity contribution in [1.82, 2.24) is 20.0 Å². The number of carbonyl (C=O) groups is 3. The number of carbonyl (C=O) groups excluding carboxylic acids is 3. The summed E-state index contributed by atoms with van der Waals surface area (Å²) in [6, 6.07) is 10.1. The minimum absolute atomic E-state index is 0.195. The van der Waals surface area contributed by atoms with Crippen molar-refractivity contribution in [3.05, 3.63) is 41.7 Å². The molecule has 0 radical (unpaired) electrons. The smallest absolute Gasteiger partial charge is 0.240 e. The second-order valence-electron chi connectivity index (χ2n) is 6.36. The predicted molar refractivity (Wildman–Crippen MR) is 96.1 cm³/mol. The highest BCUT2D eigenvalue weighted by atomic mass is 16.2. The topological polar surface area (TPSA) is 84.3 Å². The maximum Gasteiger partial charge on any atom is 0.240 e. The molecule has 7 heteroatoms. The SMILES string of the molecule is Cc1nn(CCNC(=O)CN2C(=O)CCC2=O)c(C)c1-c1ccccc1. The number of hydrogen-bond acceptors (Lipinski definition) is 4. The van der Waals surface area contributed by atoms with E-state index in [0.717, 1.165) is 27.4 Å². The zero-order chi connectivity index (χ0) is 18.7. The molecule has 136 valence electrons. The summed E-state index contributed by atoms with van der Waals surface area (Å²) in [5.41, 5.74) is 4.19. The molecule has 7 nitrogen and oxygen atoms in total. The van der Waals surface area contributed by atoms with Crippen molar-refractivity contribution < 1.29 is 14.4 Å². The van der Waals surface area contributed by atoms with Crippen LogP contribution >= 0.6 is 0 Å². The van der Waals surface area contributed by atoms with E-state index >= 15 is 0 Å². The fraction of sp³-hybridized carbons (Fsp3) is 0.368. The lowest BCUT2D eigenvalue weighted by molar-refractivity contribution is -0.142. The third kappa shape index (κ3) is 3.66. The van der Waals surface area contributed by atoms with E-state index in [2.05, 4.69) is 10.4 Å². The summed E-state index contributed by atoms with van der Waals surface area (Å²) < 4.78 is 1.87. The van der Waals surface area contributed by atoms with Crippen LogP contribution < -0.4 is 5.32 Å². The molecule has 1 fully saturated rings. The number of benzene rings is 1. The van der Waals surface area contributed by atoms with E-state index < -0.39 is 0 Å². The van der Waals surface area contributed by atoms with Gasteiger partial charge in [-0.3, -0.25) is 24.0 Å². The molecule has 0 bridgehead atoms. The van der Waals surface area contributed by atoms with Crippen molar-refractivity contribution in [3.63, 3.8) is 0 Å². The van der Waals surface area contributed by atoms with Gasteiger partial charge in [0.25, 0.3) is 0 Å². The Bertz CT molecular complexity index is 826. The lowest BCUT2D eigenvalue weighted by Gasteiger charge is -2.13. The van der Waals surface area contributed by atoms with Crippen LogP contribution in [0.1, 0.15) is 24.2 Å². The monoisotopic (exact) mass is 354 g/mol. The van der Waals surface area contributed by atoms with E-state index in [9.17, 15) is 14.4 Å². The predicted octanol–water partition coefficient (Wildman–Crippen LogP) is 1.43. The Kier molecular flexibility index (Phi) is 5.16. The van der Waals surface area contributed by atoms with Gasteiger partial charge in [0, 0.05) is 30.6 Å². The molecule has 2 heterocycles. The second kappa shape index (κ2) is 7.51. The third-order valence-corrected chi connectivity index (χ3v) is 4.55. The number of nitrogens with zero attached hydrogens (tertiary/aromatic N) is 3. The highest BCUT2D eigenvalue weighted by Crippen LogP contribution is 2.26. The van der Waals surface area contributed by atoms with Gasteiger partial charge in [0.15, 0.2) is 0 Å². The van der Waals surface area contributed by atoms with Crippen molar-refractivity contribution in [2.75, 3.05) is 13.1 Å². The van der Waals surface area contributed by atoms with Crippen LogP contribution in [0.2, 0.25) is 0 Å². The van der Waals surface area contributed by atoms with Gasteiger partial charge in [0.1, 0.15) is 6.54 Å². The molecule has 0 spiro atoms. The molecule has 1 aliphatic rings. The van der Waals surface area contributed by atoms with Crippen molar-refractivity contribution in [2.45, 2.75) is 33.2 Å². The molecular weight excluding hydrogens is 332 g/mol. The zero-order valence-corrected chi connectivity index (χ0v) is 15.0. The molecule has 1 aliphatic heterocycles. The Labute approximate surface area is 152 Å². The number of likely N-dealkylation sites (tertiary alicyclic amines) is 1. The molecule has 3 rings (SSSR count). The van der Waals surface area contributed by atoms with Gasteiger partial charge in [-0.05, 0) is 19.4 Å². The zero-order valence-electron chi connectivity index (χ0n) is 15.0. The summed E-state index contributed by atoms with van der Waals surface area (Å²) in [5.74, 6) is -0.897. The van der Waals surface area contributed by atoms with Crippen molar-refractivity contribution in [3.8, 4) is 11.1 Å². The van der Waals surface area contributed by atoms with Crippen LogP contribution in [0.25, 0.3) is 11.1 Å². The first-order valence-electron chi connectivity index (χ1n) is 8.66. The van der Waals surface area contributed by atoms with Gasteiger partial charge in [-0.2, -0.15) is 5.10 Å². The molecule has 0 atom stereocenters. The van der Waals surface area contributed by atoms with Gasteiger partial charge in [-0.1, -0.05) is 30.3 Å². The fourth-order valence-electron chi connectivity index (χ4n) is 3.24. The summed E-state index contributed by atoms with van der Waals surface area (Å²) >= 11 is 0. The standard InChI is InChI=1S/C19H22N4O3/c1-13-19(15-6-4-3-5-7-15)14(2)23(21-13)11-10-20-16(24)12-22-17(25)8-9-18(22)26/h3-7H,8-12H2,1-2H3,(H,20,24). The van der Waals surface area contributed by atoms with E-state index in [1.165, 1.54) is 0 Å². The number of imide groups is 1. The summed E-state index contributed by atoms with van der Waals surface area (Å²) in [4.78, 5) is 36.1. The number of aryl methyl sites for hydroxylation is 1.